The summed E-state index contributed by atoms with van der Waals surface area (Å²) >= 11 is 5.55. The van der Waals surface area contributed by atoms with Gasteiger partial charge in [-0.2, -0.15) is 31.6 Å². The first kappa shape index (κ1) is 38.1. The minimum atomic E-state index is -6.39. The Bertz CT molecular complexity index is 1750. The Morgan fingerprint density at radius 3 is 1.96 bits per heavy atom. The number of ketones is 1. The molecule has 0 aliphatic carbocycles. The number of nitrogens with two attached hydrogens (primary N) is 1. The molecule has 254 valence electrons. The largest absolute Gasteiger partial charge is 0.435 e. The lowest BCUT2D eigenvalue weighted by molar-refractivity contribution is -0.348. The number of primary amides is 1. The normalized spacial score (nSPS) is 11.9. The summed E-state index contributed by atoms with van der Waals surface area (Å²) in [6, 6.07) is 10.7. The number of rotatable bonds is 11. The SMILES string of the molecule is N#Cc1ccc(C(=O)N(CCC(=O)NCC(N)=O)c2cccc(C(=O)Cc3c(Br)cc(C(F)(C(F)(F)F)C(F)(F)F)cc3Br)c2F)cc1. The van der Waals surface area contributed by atoms with Crippen LogP contribution in [-0.4, -0.2) is 48.9 Å². The molecule has 0 atom stereocenters. The molecule has 0 aliphatic rings. The number of nitrogens with one attached hydrogen (secondary N) is 1. The molecule has 3 aromatic rings. The zero-order chi connectivity index (χ0) is 36.2. The van der Waals surface area contributed by atoms with Gasteiger partial charge in [0.2, 0.25) is 11.8 Å². The molecule has 18 heteroatoms. The van der Waals surface area contributed by atoms with Crippen LogP contribution in [0.15, 0.2) is 63.5 Å². The number of hydrogen-bond acceptors (Lipinski definition) is 5. The highest BCUT2D eigenvalue weighted by Crippen LogP contribution is 2.54. The molecule has 0 radical (unpaired) electrons. The highest BCUT2D eigenvalue weighted by molar-refractivity contribution is 9.11. The van der Waals surface area contributed by atoms with Crippen LogP contribution in [0.3, 0.4) is 0 Å². The van der Waals surface area contributed by atoms with Gasteiger partial charge in [-0.3, -0.25) is 19.2 Å². The van der Waals surface area contributed by atoms with E-state index in [1.807, 2.05) is 6.07 Å². The first-order chi connectivity index (χ1) is 22.2. The highest BCUT2D eigenvalue weighted by atomic mass is 79.9. The maximum atomic E-state index is 16.0. The van der Waals surface area contributed by atoms with Crippen molar-refractivity contribution in [2.45, 2.75) is 30.9 Å². The van der Waals surface area contributed by atoms with E-state index in [-0.39, 0.29) is 28.8 Å². The summed E-state index contributed by atoms with van der Waals surface area (Å²) in [5.41, 5.74) is -3.84. The molecule has 3 aromatic carbocycles. The minimum Gasteiger partial charge on any atom is -0.368 e. The zero-order valence-electron chi connectivity index (χ0n) is 23.9. The Morgan fingerprint density at radius 2 is 1.46 bits per heavy atom. The van der Waals surface area contributed by atoms with Crippen LogP contribution in [0, 0.1) is 17.1 Å². The highest BCUT2D eigenvalue weighted by Gasteiger charge is 2.73. The summed E-state index contributed by atoms with van der Waals surface area (Å²) in [6.07, 6.45) is -14.1. The quantitative estimate of drug-likeness (QED) is 0.167. The Morgan fingerprint density at radius 1 is 0.896 bits per heavy atom. The molecule has 0 saturated carbocycles. The number of hydrogen-bond donors (Lipinski definition) is 2. The van der Waals surface area contributed by atoms with Gasteiger partial charge in [0.05, 0.1) is 29.4 Å². The van der Waals surface area contributed by atoms with Gasteiger partial charge in [-0.15, -0.1) is 0 Å². The molecule has 48 heavy (non-hydrogen) atoms. The molecule has 3 amide bonds. The zero-order valence-corrected chi connectivity index (χ0v) is 27.1. The average molecular weight is 812 g/mol. The van der Waals surface area contributed by atoms with E-state index < -0.39 is 99.0 Å². The smallest absolute Gasteiger partial charge is 0.368 e. The summed E-state index contributed by atoms with van der Waals surface area (Å²) in [6.45, 7) is -1.01. The fraction of sp³-hybridized carbons (Fsp3) is 0.233. The number of Topliss-reactive ketones (excluding diaryl/α,β-unsaturated/α-hetero) is 1. The minimum absolute atomic E-state index is 0.0442. The number of benzene rings is 3. The monoisotopic (exact) mass is 810 g/mol. The molecule has 0 heterocycles. The van der Waals surface area contributed by atoms with Crippen LogP contribution >= 0.6 is 31.9 Å². The molecule has 0 bridgehead atoms. The van der Waals surface area contributed by atoms with E-state index in [9.17, 15) is 49.9 Å². The van der Waals surface area contributed by atoms with E-state index in [0.717, 1.165) is 17.0 Å². The number of halogens is 10. The number of carbonyl (C=O) groups is 4. The van der Waals surface area contributed by atoms with Crippen LogP contribution < -0.4 is 16.0 Å². The fourth-order valence-corrected chi connectivity index (χ4v) is 5.79. The summed E-state index contributed by atoms with van der Waals surface area (Å²) in [5.74, 6) is -4.79. The van der Waals surface area contributed by atoms with Crippen molar-refractivity contribution in [2.24, 2.45) is 5.73 Å². The lowest BCUT2D eigenvalue weighted by Crippen LogP contribution is -2.50. The standard InChI is InChI=1S/C30H20Br2F8N4O4/c31-20-10-17(28(34,29(35,36)37)30(38,39)40)11-21(32)19(20)12-23(45)18-2-1-3-22(26(18)33)44(9-8-25(47)43-14-24(42)46)27(48)16-6-4-15(13-41)5-7-16/h1-7,10-11H,8-9,12,14H2,(H2,42,46)(H,43,47). The summed E-state index contributed by atoms with van der Waals surface area (Å²) in [5, 5.41) is 11.2. The number of alkyl halides is 7. The van der Waals surface area contributed by atoms with Crippen LogP contribution in [0.5, 0.6) is 0 Å². The second kappa shape index (κ2) is 14.8. The van der Waals surface area contributed by atoms with Gasteiger partial charge < -0.3 is 16.0 Å². The predicted molar refractivity (Wildman–Crippen MR) is 161 cm³/mol. The lowest BCUT2D eigenvalue weighted by Gasteiger charge is -2.31. The molecule has 0 fully saturated rings. The number of nitrogens with zero attached hydrogens (tertiary/aromatic N) is 2. The Hall–Kier alpha value is -4.37. The van der Waals surface area contributed by atoms with Crippen molar-refractivity contribution in [1.82, 2.24) is 5.32 Å². The van der Waals surface area contributed by atoms with Gasteiger partial charge in [-0.25, -0.2) is 8.78 Å². The second-order valence-corrected chi connectivity index (χ2v) is 11.7. The fourth-order valence-electron chi connectivity index (χ4n) is 4.32. The van der Waals surface area contributed by atoms with Crippen molar-refractivity contribution >= 4 is 61.1 Å². The van der Waals surface area contributed by atoms with Crippen LogP contribution in [0.1, 0.15) is 43.8 Å². The van der Waals surface area contributed by atoms with Crippen LogP contribution in [-0.2, 0) is 21.7 Å². The first-order valence-corrected chi connectivity index (χ1v) is 14.8. The third-order valence-corrected chi connectivity index (χ3v) is 8.17. The van der Waals surface area contributed by atoms with Gasteiger partial charge in [0.15, 0.2) is 11.6 Å². The molecular weight excluding hydrogens is 792 g/mol. The molecular formula is C30H20Br2F8N4O4. The summed E-state index contributed by atoms with van der Waals surface area (Å²) < 4.78 is 109. The Labute approximate surface area is 283 Å². The van der Waals surface area contributed by atoms with Crippen molar-refractivity contribution in [3.8, 4) is 6.07 Å². The maximum absolute atomic E-state index is 16.0. The van der Waals surface area contributed by atoms with E-state index >= 15 is 4.39 Å². The van der Waals surface area contributed by atoms with Crippen molar-refractivity contribution in [3.05, 3.63) is 97.2 Å². The maximum Gasteiger partial charge on any atom is 0.435 e. The van der Waals surface area contributed by atoms with Crippen molar-refractivity contribution in [3.63, 3.8) is 0 Å². The van der Waals surface area contributed by atoms with Crippen molar-refractivity contribution < 1.29 is 54.3 Å². The van der Waals surface area contributed by atoms with Gasteiger partial charge in [0, 0.05) is 39.5 Å². The number of amides is 3. The third-order valence-electron chi connectivity index (χ3n) is 6.76. The van der Waals surface area contributed by atoms with Crippen molar-refractivity contribution in [2.75, 3.05) is 18.0 Å². The summed E-state index contributed by atoms with van der Waals surface area (Å²) in [7, 11) is 0. The van der Waals surface area contributed by atoms with Crippen LogP contribution in [0.4, 0.5) is 40.8 Å². The molecule has 0 aliphatic heterocycles. The number of carbonyl (C=O) groups excluding carboxylic acids is 4. The summed E-state index contributed by atoms with van der Waals surface area (Å²) in [4.78, 5) is 50.8. The number of anilines is 1. The van der Waals surface area contributed by atoms with E-state index in [1.165, 1.54) is 30.3 Å². The molecule has 8 nitrogen and oxygen atoms in total. The van der Waals surface area contributed by atoms with Crippen LogP contribution in [0.2, 0.25) is 0 Å². The molecule has 3 N–H and O–H groups in total. The Balaban J connectivity index is 2.01. The molecule has 0 spiro atoms. The first-order valence-electron chi connectivity index (χ1n) is 13.2. The van der Waals surface area contributed by atoms with E-state index in [4.69, 9.17) is 11.0 Å². The van der Waals surface area contributed by atoms with E-state index in [1.54, 1.807) is 0 Å². The predicted octanol–water partition coefficient (Wildman–Crippen LogP) is 6.58. The van der Waals surface area contributed by atoms with Gasteiger partial charge in [-0.1, -0.05) is 37.9 Å². The van der Waals surface area contributed by atoms with Gasteiger partial charge in [-0.05, 0) is 54.1 Å². The second-order valence-electron chi connectivity index (χ2n) is 9.95. The lowest BCUT2D eigenvalue weighted by atomic mass is 9.92. The molecule has 0 unspecified atom stereocenters. The van der Waals surface area contributed by atoms with Crippen LogP contribution in [0.25, 0.3) is 0 Å². The van der Waals surface area contributed by atoms with Gasteiger partial charge in [0.25, 0.3) is 5.91 Å². The Kier molecular flexibility index (Phi) is 11.7. The third kappa shape index (κ3) is 8.19. The molecule has 3 rings (SSSR count). The van der Waals surface area contributed by atoms with Gasteiger partial charge in [0.1, 0.15) is 0 Å². The van der Waals surface area contributed by atoms with Crippen molar-refractivity contribution in [1.29, 1.82) is 5.26 Å². The van der Waals surface area contributed by atoms with E-state index in [0.29, 0.717) is 0 Å². The number of nitriles is 1. The topological polar surface area (TPSA) is 133 Å². The molecule has 0 saturated heterocycles. The van der Waals surface area contributed by atoms with Gasteiger partial charge >= 0.3 is 18.0 Å². The van der Waals surface area contributed by atoms with E-state index in [2.05, 4.69) is 37.2 Å². The average Bonchev–Trinajstić information content (AvgIpc) is 3.00. The molecule has 0 aromatic heterocycles.